The predicted molar refractivity (Wildman–Crippen MR) is 145 cm³/mol. The number of fused-ring (bicyclic) bond motifs is 1. The van der Waals surface area contributed by atoms with Gasteiger partial charge in [-0.15, -0.1) is 0 Å². The molecule has 1 saturated heterocycles. The summed E-state index contributed by atoms with van der Waals surface area (Å²) in [5, 5.41) is 7.55. The molecule has 0 unspecified atom stereocenters. The first-order valence-corrected chi connectivity index (χ1v) is 12.6. The van der Waals surface area contributed by atoms with Gasteiger partial charge in [0.25, 0.3) is 0 Å². The second kappa shape index (κ2) is 9.84. The lowest BCUT2D eigenvalue weighted by Gasteiger charge is -2.32. The Kier molecular flexibility index (Phi) is 6.63. The molecule has 1 aromatic heterocycles. The third-order valence-electron chi connectivity index (χ3n) is 6.88. The third kappa shape index (κ3) is 5.26. The molecule has 5 heteroatoms. The molecule has 3 aromatic carbocycles. The Hall–Kier alpha value is -3.15. The van der Waals surface area contributed by atoms with Crippen LogP contribution < -0.4 is 4.74 Å². The highest BCUT2D eigenvalue weighted by atomic mass is 16.5. The summed E-state index contributed by atoms with van der Waals surface area (Å²) in [5.74, 6) is 0.883. The fourth-order valence-electron chi connectivity index (χ4n) is 4.65. The number of aromatic nitrogens is 2. The van der Waals surface area contributed by atoms with Crippen LogP contribution in [0.15, 0.2) is 72.8 Å². The van der Waals surface area contributed by atoms with Gasteiger partial charge < -0.3 is 9.64 Å². The van der Waals surface area contributed by atoms with Crippen molar-refractivity contribution in [2.45, 2.75) is 26.2 Å². The zero-order chi connectivity index (χ0) is 24.4. The Morgan fingerprint density at radius 1 is 0.857 bits per heavy atom. The Balaban J connectivity index is 1.45. The van der Waals surface area contributed by atoms with Gasteiger partial charge in [-0.1, -0.05) is 69.3 Å². The normalized spacial score (nSPS) is 15.5. The molecule has 0 saturated carbocycles. The average Bonchev–Trinajstić information content (AvgIpc) is 3.31. The minimum atomic E-state index is -0.0544. The number of likely N-dealkylation sites (N-methyl/N-ethyl adjacent to an activating group) is 1. The first-order chi connectivity index (χ1) is 16.9. The number of hydrogen-bond donors (Lipinski definition) is 0. The maximum atomic E-state index is 6.19. The second-order valence-electron chi connectivity index (χ2n) is 10.6. The van der Waals surface area contributed by atoms with Crippen LogP contribution in [0.25, 0.3) is 27.7 Å². The minimum absolute atomic E-state index is 0.0544. The van der Waals surface area contributed by atoms with Crippen LogP contribution >= 0.6 is 0 Å². The van der Waals surface area contributed by atoms with Crippen molar-refractivity contribution in [2.24, 2.45) is 0 Å². The van der Waals surface area contributed by atoms with E-state index in [-0.39, 0.29) is 5.41 Å². The Morgan fingerprint density at radius 2 is 1.60 bits per heavy atom. The van der Waals surface area contributed by atoms with Crippen LogP contribution in [0.1, 0.15) is 26.5 Å². The molecule has 5 rings (SSSR count). The molecular weight excluding hydrogens is 432 g/mol. The number of nitrogens with zero attached hydrogens (tertiary/aromatic N) is 4. The Labute approximate surface area is 208 Å². The van der Waals surface area contributed by atoms with Crippen molar-refractivity contribution in [1.29, 1.82) is 0 Å². The van der Waals surface area contributed by atoms with E-state index in [0.717, 1.165) is 55.5 Å². The summed E-state index contributed by atoms with van der Waals surface area (Å²) in [4.78, 5) is 4.86. The molecule has 0 atom stereocenters. The number of piperazine rings is 1. The minimum Gasteiger partial charge on any atom is -0.492 e. The first kappa shape index (κ1) is 23.6. The lowest BCUT2D eigenvalue weighted by molar-refractivity contribution is 0.134. The van der Waals surface area contributed by atoms with E-state index in [2.05, 4.69) is 109 Å². The molecular formula is C30H36N4O. The standard InChI is InChI=1S/C30H36N4O/c1-30(2,3)29-22-28(27-14-7-10-23-9-5-6-13-26(23)27)34(31-29)24-11-8-12-25(21-24)35-20-19-33-17-15-32(4)16-18-33/h5-14,21-22H,15-20H2,1-4H3. The zero-order valence-electron chi connectivity index (χ0n) is 21.4. The van der Waals surface area contributed by atoms with E-state index >= 15 is 0 Å². The Morgan fingerprint density at radius 3 is 2.40 bits per heavy atom. The smallest absolute Gasteiger partial charge is 0.121 e. The zero-order valence-corrected chi connectivity index (χ0v) is 21.4. The molecule has 0 N–H and O–H groups in total. The molecule has 2 heterocycles. The summed E-state index contributed by atoms with van der Waals surface area (Å²) < 4.78 is 8.27. The SMILES string of the molecule is CN1CCN(CCOc2cccc(-n3nc(C(C)(C)C)cc3-c3cccc4ccccc34)c2)CC1. The largest absolute Gasteiger partial charge is 0.492 e. The summed E-state index contributed by atoms with van der Waals surface area (Å²) in [5.41, 5.74) is 4.32. The topological polar surface area (TPSA) is 33.5 Å². The van der Waals surface area contributed by atoms with Crippen molar-refractivity contribution < 1.29 is 4.74 Å². The quantitative estimate of drug-likeness (QED) is 0.368. The number of benzene rings is 3. The maximum Gasteiger partial charge on any atom is 0.121 e. The lowest BCUT2D eigenvalue weighted by atomic mass is 9.91. The van der Waals surface area contributed by atoms with Crippen molar-refractivity contribution in [2.75, 3.05) is 46.4 Å². The van der Waals surface area contributed by atoms with Crippen LogP contribution in [-0.2, 0) is 5.41 Å². The van der Waals surface area contributed by atoms with Gasteiger partial charge in [-0.2, -0.15) is 5.10 Å². The highest BCUT2D eigenvalue weighted by Crippen LogP contribution is 2.34. The van der Waals surface area contributed by atoms with Crippen LogP contribution in [0.4, 0.5) is 0 Å². The average molecular weight is 469 g/mol. The van der Waals surface area contributed by atoms with Gasteiger partial charge in [-0.05, 0) is 36.0 Å². The molecule has 1 aliphatic heterocycles. The van der Waals surface area contributed by atoms with Crippen LogP contribution in [0.3, 0.4) is 0 Å². The highest BCUT2D eigenvalue weighted by molar-refractivity contribution is 5.96. The second-order valence-corrected chi connectivity index (χ2v) is 10.6. The number of hydrogen-bond acceptors (Lipinski definition) is 4. The first-order valence-electron chi connectivity index (χ1n) is 12.6. The van der Waals surface area contributed by atoms with Gasteiger partial charge in [0.2, 0.25) is 0 Å². The molecule has 0 amide bonds. The Bertz CT molecular complexity index is 1290. The van der Waals surface area contributed by atoms with Crippen LogP contribution in [-0.4, -0.2) is 66.0 Å². The van der Waals surface area contributed by atoms with E-state index in [1.54, 1.807) is 0 Å². The molecule has 0 bridgehead atoms. The van der Waals surface area contributed by atoms with E-state index in [9.17, 15) is 0 Å². The number of rotatable bonds is 6. The summed E-state index contributed by atoms with van der Waals surface area (Å²) in [7, 11) is 2.19. The third-order valence-corrected chi connectivity index (χ3v) is 6.88. The molecule has 35 heavy (non-hydrogen) atoms. The van der Waals surface area contributed by atoms with Gasteiger partial charge in [0.15, 0.2) is 0 Å². The van der Waals surface area contributed by atoms with E-state index in [1.807, 2.05) is 6.07 Å². The van der Waals surface area contributed by atoms with E-state index in [0.29, 0.717) is 6.61 Å². The summed E-state index contributed by atoms with van der Waals surface area (Å²) in [6.07, 6.45) is 0. The van der Waals surface area contributed by atoms with E-state index in [4.69, 9.17) is 9.84 Å². The molecule has 1 aliphatic rings. The molecule has 182 valence electrons. The van der Waals surface area contributed by atoms with Crippen LogP contribution in [0.2, 0.25) is 0 Å². The summed E-state index contributed by atoms with van der Waals surface area (Å²) in [6.45, 7) is 12.8. The molecule has 4 aromatic rings. The van der Waals surface area contributed by atoms with Crippen molar-refractivity contribution in [3.63, 3.8) is 0 Å². The van der Waals surface area contributed by atoms with Gasteiger partial charge in [0.05, 0.1) is 17.1 Å². The molecule has 1 fully saturated rings. The fourth-order valence-corrected chi connectivity index (χ4v) is 4.65. The predicted octanol–water partition coefficient (Wildman–Crippen LogP) is 5.62. The maximum absolute atomic E-state index is 6.19. The van der Waals surface area contributed by atoms with Crippen molar-refractivity contribution >= 4 is 10.8 Å². The van der Waals surface area contributed by atoms with Crippen LogP contribution in [0, 0.1) is 0 Å². The number of ether oxygens (including phenoxy) is 1. The molecule has 0 spiro atoms. The van der Waals surface area contributed by atoms with Gasteiger partial charge in [-0.3, -0.25) is 4.90 Å². The summed E-state index contributed by atoms with van der Waals surface area (Å²) >= 11 is 0. The van der Waals surface area contributed by atoms with Gasteiger partial charge in [0, 0.05) is 49.8 Å². The summed E-state index contributed by atoms with van der Waals surface area (Å²) in [6, 6.07) is 25.6. The van der Waals surface area contributed by atoms with E-state index < -0.39 is 0 Å². The molecule has 5 nitrogen and oxygen atoms in total. The van der Waals surface area contributed by atoms with Gasteiger partial charge in [0.1, 0.15) is 12.4 Å². The van der Waals surface area contributed by atoms with E-state index in [1.165, 1.54) is 16.3 Å². The van der Waals surface area contributed by atoms with Gasteiger partial charge in [-0.25, -0.2) is 4.68 Å². The van der Waals surface area contributed by atoms with Crippen molar-refractivity contribution in [1.82, 2.24) is 19.6 Å². The molecule has 0 radical (unpaired) electrons. The van der Waals surface area contributed by atoms with Crippen LogP contribution in [0.5, 0.6) is 5.75 Å². The van der Waals surface area contributed by atoms with Crippen molar-refractivity contribution in [3.8, 4) is 22.7 Å². The van der Waals surface area contributed by atoms with Crippen molar-refractivity contribution in [3.05, 3.63) is 78.5 Å². The fraction of sp³-hybridized carbons (Fsp3) is 0.367. The monoisotopic (exact) mass is 468 g/mol. The molecule has 0 aliphatic carbocycles. The van der Waals surface area contributed by atoms with Gasteiger partial charge >= 0.3 is 0 Å². The highest BCUT2D eigenvalue weighted by Gasteiger charge is 2.22. The lowest BCUT2D eigenvalue weighted by Crippen LogP contribution is -2.45.